The van der Waals surface area contributed by atoms with E-state index in [1.807, 2.05) is 23.1 Å². The third-order valence-corrected chi connectivity index (χ3v) is 3.07. The molecule has 1 unspecified atom stereocenters. The van der Waals surface area contributed by atoms with Crippen LogP contribution in [0.4, 0.5) is 0 Å². The van der Waals surface area contributed by atoms with Crippen molar-refractivity contribution in [1.29, 1.82) is 0 Å². The van der Waals surface area contributed by atoms with Crippen LogP contribution in [-0.4, -0.2) is 23.4 Å². The molecule has 3 heteroatoms. The van der Waals surface area contributed by atoms with Crippen molar-refractivity contribution in [1.82, 2.24) is 10.2 Å². The van der Waals surface area contributed by atoms with E-state index >= 15 is 0 Å². The van der Waals surface area contributed by atoms with E-state index < -0.39 is 0 Å². The number of hydrogen-bond donors (Lipinski definition) is 1. The lowest BCUT2D eigenvalue weighted by Crippen LogP contribution is -2.32. The molecular weight excluding hydrogens is 188 g/mol. The molecule has 1 aliphatic heterocycles. The standard InChI is InChI=1S/C12H14N2O/c15-11-8-13-12(14(11)10-6-7-10)9-4-2-1-3-5-9/h1-5,10,12-13H,6-8H2. The molecule has 78 valence electrons. The minimum atomic E-state index is 0.103. The number of hydrogen-bond acceptors (Lipinski definition) is 2. The van der Waals surface area contributed by atoms with Crippen molar-refractivity contribution in [2.75, 3.05) is 6.54 Å². The monoisotopic (exact) mass is 202 g/mol. The van der Waals surface area contributed by atoms with Crippen LogP contribution in [0.25, 0.3) is 0 Å². The highest BCUT2D eigenvalue weighted by Gasteiger charge is 2.41. The quantitative estimate of drug-likeness (QED) is 0.783. The minimum Gasteiger partial charge on any atom is -0.319 e. The molecule has 0 radical (unpaired) electrons. The van der Waals surface area contributed by atoms with Gasteiger partial charge in [-0.15, -0.1) is 0 Å². The molecule has 3 rings (SSSR count). The predicted molar refractivity (Wildman–Crippen MR) is 57.1 cm³/mol. The number of benzene rings is 1. The summed E-state index contributed by atoms with van der Waals surface area (Å²) in [6.07, 6.45) is 2.43. The highest BCUT2D eigenvalue weighted by molar-refractivity contribution is 5.81. The van der Waals surface area contributed by atoms with Crippen LogP contribution in [0.3, 0.4) is 0 Å². The van der Waals surface area contributed by atoms with Crippen molar-refractivity contribution in [3.05, 3.63) is 35.9 Å². The number of rotatable bonds is 2. The fourth-order valence-electron chi connectivity index (χ4n) is 2.20. The number of carbonyl (C=O) groups is 1. The van der Waals surface area contributed by atoms with Crippen LogP contribution < -0.4 is 5.32 Å². The Bertz CT molecular complexity index is 372. The third-order valence-electron chi connectivity index (χ3n) is 3.07. The van der Waals surface area contributed by atoms with E-state index in [-0.39, 0.29) is 12.1 Å². The smallest absolute Gasteiger partial charge is 0.238 e. The van der Waals surface area contributed by atoms with Crippen molar-refractivity contribution in [3.63, 3.8) is 0 Å². The first-order valence-electron chi connectivity index (χ1n) is 5.46. The fraction of sp³-hybridized carbons (Fsp3) is 0.417. The van der Waals surface area contributed by atoms with Gasteiger partial charge in [-0.3, -0.25) is 10.1 Å². The van der Waals surface area contributed by atoms with E-state index in [0.29, 0.717) is 12.6 Å². The Labute approximate surface area is 89.1 Å². The van der Waals surface area contributed by atoms with Crippen LogP contribution >= 0.6 is 0 Å². The average Bonchev–Trinajstić information content (AvgIpc) is 3.03. The summed E-state index contributed by atoms with van der Waals surface area (Å²) in [6.45, 7) is 0.482. The van der Waals surface area contributed by atoms with Crippen LogP contribution in [-0.2, 0) is 4.79 Å². The molecule has 1 aromatic rings. The second kappa shape index (κ2) is 3.35. The molecule has 1 aromatic carbocycles. The van der Waals surface area contributed by atoms with E-state index in [1.165, 1.54) is 5.56 Å². The lowest BCUT2D eigenvalue weighted by molar-refractivity contribution is -0.128. The first-order valence-corrected chi connectivity index (χ1v) is 5.46. The van der Waals surface area contributed by atoms with E-state index in [9.17, 15) is 4.79 Å². The normalized spacial score (nSPS) is 26.0. The molecule has 2 aliphatic rings. The summed E-state index contributed by atoms with van der Waals surface area (Å²) in [5.41, 5.74) is 1.19. The molecule has 0 bridgehead atoms. The van der Waals surface area contributed by atoms with Crippen LogP contribution in [0.2, 0.25) is 0 Å². The maximum absolute atomic E-state index is 11.7. The average molecular weight is 202 g/mol. The molecule has 1 amide bonds. The summed E-state index contributed by atoms with van der Waals surface area (Å²) in [5.74, 6) is 0.242. The maximum Gasteiger partial charge on any atom is 0.238 e. The van der Waals surface area contributed by atoms with Crippen molar-refractivity contribution >= 4 is 5.91 Å². The highest BCUT2D eigenvalue weighted by Crippen LogP contribution is 2.35. The van der Waals surface area contributed by atoms with Gasteiger partial charge in [0.05, 0.1) is 6.54 Å². The zero-order chi connectivity index (χ0) is 10.3. The van der Waals surface area contributed by atoms with Gasteiger partial charge in [0, 0.05) is 6.04 Å². The molecule has 1 heterocycles. The van der Waals surface area contributed by atoms with Gasteiger partial charge in [-0.2, -0.15) is 0 Å². The molecular formula is C12H14N2O. The maximum atomic E-state index is 11.7. The van der Waals surface area contributed by atoms with Crippen molar-refractivity contribution in [2.24, 2.45) is 0 Å². The van der Waals surface area contributed by atoms with Gasteiger partial charge in [0.1, 0.15) is 6.17 Å². The van der Waals surface area contributed by atoms with Crippen molar-refractivity contribution < 1.29 is 4.79 Å². The Hall–Kier alpha value is -1.35. The summed E-state index contributed by atoms with van der Waals surface area (Å²) in [6, 6.07) is 10.7. The molecule has 1 saturated heterocycles. The molecule has 1 saturated carbocycles. The second-order valence-corrected chi connectivity index (χ2v) is 4.23. The van der Waals surface area contributed by atoms with Gasteiger partial charge in [0.25, 0.3) is 0 Å². The molecule has 0 aromatic heterocycles. The topological polar surface area (TPSA) is 32.3 Å². The lowest BCUT2D eigenvalue weighted by atomic mass is 10.1. The zero-order valence-electron chi connectivity index (χ0n) is 8.52. The van der Waals surface area contributed by atoms with Crippen LogP contribution in [0.5, 0.6) is 0 Å². The first-order chi connectivity index (χ1) is 7.36. The number of nitrogens with one attached hydrogen (secondary N) is 1. The lowest BCUT2D eigenvalue weighted by Gasteiger charge is -2.24. The third kappa shape index (κ3) is 1.53. The van der Waals surface area contributed by atoms with Gasteiger partial charge in [-0.05, 0) is 18.4 Å². The molecule has 2 fully saturated rings. The van der Waals surface area contributed by atoms with Crippen molar-refractivity contribution in [3.8, 4) is 0 Å². The Morgan fingerprint density at radius 1 is 1.20 bits per heavy atom. The van der Waals surface area contributed by atoms with Crippen LogP contribution in [0.1, 0.15) is 24.6 Å². The molecule has 1 N–H and O–H groups in total. The minimum absolute atomic E-state index is 0.103. The van der Waals surface area contributed by atoms with Gasteiger partial charge in [0.2, 0.25) is 5.91 Å². The van der Waals surface area contributed by atoms with E-state index in [4.69, 9.17) is 0 Å². The molecule has 15 heavy (non-hydrogen) atoms. The fourth-order valence-corrected chi connectivity index (χ4v) is 2.20. The Morgan fingerprint density at radius 2 is 1.93 bits per heavy atom. The summed E-state index contributed by atoms with van der Waals surface area (Å²) in [7, 11) is 0. The largest absolute Gasteiger partial charge is 0.319 e. The van der Waals surface area contributed by atoms with E-state index in [2.05, 4.69) is 17.4 Å². The number of amides is 1. The van der Waals surface area contributed by atoms with Gasteiger partial charge in [-0.25, -0.2) is 0 Å². The highest BCUT2D eigenvalue weighted by atomic mass is 16.2. The van der Waals surface area contributed by atoms with Gasteiger partial charge < -0.3 is 4.90 Å². The SMILES string of the molecule is O=C1CNC(c2ccccc2)N1C1CC1. The van der Waals surface area contributed by atoms with Gasteiger partial charge >= 0.3 is 0 Å². The van der Waals surface area contributed by atoms with Crippen LogP contribution in [0, 0.1) is 0 Å². The Morgan fingerprint density at radius 3 is 2.60 bits per heavy atom. The molecule has 1 aliphatic carbocycles. The Balaban J connectivity index is 1.89. The summed E-state index contributed by atoms with van der Waals surface area (Å²) < 4.78 is 0. The van der Waals surface area contributed by atoms with Gasteiger partial charge in [-0.1, -0.05) is 30.3 Å². The zero-order valence-corrected chi connectivity index (χ0v) is 8.52. The summed E-state index contributed by atoms with van der Waals surface area (Å²) >= 11 is 0. The Kier molecular flexibility index (Phi) is 1.99. The van der Waals surface area contributed by atoms with Gasteiger partial charge in [0.15, 0.2) is 0 Å². The van der Waals surface area contributed by atoms with Crippen LogP contribution in [0.15, 0.2) is 30.3 Å². The number of carbonyl (C=O) groups excluding carboxylic acids is 1. The molecule has 0 spiro atoms. The summed E-state index contributed by atoms with van der Waals surface area (Å²) in [4.78, 5) is 13.7. The van der Waals surface area contributed by atoms with Crippen molar-refractivity contribution in [2.45, 2.75) is 25.0 Å². The number of nitrogens with zero attached hydrogens (tertiary/aromatic N) is 1. The first kappa shape index (κ1) is 8.92. The second-order valence-electron chi connectivity index (χ2n) is 4.23. The predicted octanol–water partition coefficient (Wildman–Crippen LogP) is 1.28. The molecule has 1 atom stereocenters. The van der Waals surface area contributed by atoms with E-state index in [1.54, 1.807) is 0 Å². The van der Waals surface area contributed by atoms with E-state index in [0.717, 1.165) is 12.8 Å². The molecule has 3 nitrogen and oxygen atoms in total. The summed E-state index contributed by atoms with van der Waals surface area (Å²) in [5, 5.41) is 3.27.